The second-order valence-electron chi connectivity index (χ2n) is 7.46. The van der Waals surface area contributed by atoms with Gasteiger partial charge in [-0.15, -0.1) is 0 Å². The molecule has 0 saturated carbocycles. The van der Waals surface area contributed by atoms with Crippen LogP contribution in [0.5, 0.6) is 17.2 Å². The molecule has 8 heteroatoms. The topological polar surface area (TPSA) is 86.3 Å². The number of aliphatic hydroxyl groups is 1. The van der Waals surface area contributed by atoms with E-state index in [1.54, 1.807) is 31.2 Å². The van der Waals surface area contributed by atoms with Crippen molar-refractivity contribution in [1.82, 2.24) is 5.32 Å². The lowest BCUT2D eigenvalue weighted by atomic mass is 9.94. The van der Waals surface area contributed by atoms with Crippen molar-refractivity contribution in [3.63, 3.8) is 0 Å². The molecule has 0 aliphatic carbocycles. The van der Waals surface area contributed by atoms with Gasteiger partial charge in [0.05, 0.1) is 11.6 Å². The Kier molecular flexibility index (Phi) is 8.01. The number of fused-ring (bicyclic) bond motifs is 1. The number of carbonyl (C=O) groups is 1. The molecule has 7 nitrogen and oxygen atoms in total. The number of hydrogen-bond donors (Lipinski definition) is 2. The molecule has 168 valence electrons. The minimum absolute atomic E-state index is 0.0486. The van der Waals surface area contributed by atoms with Crippen molar-refractivity contribution < 1.29 is 28.8 Å². The molecule has 2 N–H and O–H groups in total. The summed E-state index contributed by atoms with van der Waals surface area (Å²) in [6.45, 7) is 4.30. The van der Waals surface area contributed by atoms with Crippen LogP contribution >= 0.6 is 11.6 Å². The van der Waals surface area contributed by atoms with E-state index in [2.05, 4.69) is 5.32 Å². The first-order valence-electron chi connectivity index (χ1n) is 10.3. The van der Waals surface area contributed by atoms with E-state index in [0.717, 1.165) is 0 Å². The Labute approximate surface area is 187 Å². The number of esters is 1. The minimum Gasteiger partial charge on any atom is -0.489 e. The van der Waals surface area contributed by atoms with Crippen LogP contribution in [0.2, 0.25) is 5.02 Å². The molecule has 1 aliphatic heterocycles. The summed E-state index contributed by atoms with van der Waals surface area (Å²) in [6, 6.07) is 14.1. The maximum atomic E-state index is 12.8. The minimum atomic E-state index is -1.27. The average molecular weight is 450 g/mol. The van der Waals surface area contributed by atoms with Crippen LogP contribution in [0, 0.1) is 0 Å². The van der Waals surface area contributed by atoms with Crippen LogP contribution in [0.3, 0.4) is 0 Å². The highest BCUT2D eigenvalue weighted by molar-refractivity contribution is 6.32. The number of carbonyl (C=O) groups excluding carboxylic acids is 1. The van der Waals surface area contributed by atoms with E-state index in [-0.39, 0.29) is 32.4 Å². The molecular weight excluding hydrogens is 422 g/mol. The highest BCUT2D eigenvalue weighted by Gasteiger charge is 2.47. The van der Waals surface area contributed by atoms with E-state index in [4.69, 9.17) is 30.5 Å². The first kappa shape index (κ1) is 23.2. The molecule has 3 atom stereocenters. The van der Waals surface area contributed by atoms with Crippen molar-refractivity contribution in [3.05, 3.63) is 53.6 Å². The highest BCUT2D eigenvalue weighted by Crippen LogP contribution is 2.37. The van der Waals surface area contributed by atoms with E-state index in [9.17, 15) is 9.90 Å². The molecule has 1 aliphatic rings. The van der Waals surface area contributed by atoms with Gasteiger partial charge in [0, 0.05) is 19.0 Å². The molecule has 31 heavy (non-hydrogen) atoms. The Bertz CT molecular complexity index is 879. The lowest BCUT2D eigenvalue weighted by molar-refractivity contribution is -0.168. The Morgan fingerprint density at radius 3 is 2.68 bits per heavy atom. The van der Waals surface area contributed by atoms with Crippen molar-refractivity contribution in [2.75, 3.05) is 26.4 Å². The molecule has 2 aromatic carbocycles. The van der Waals surface area contributed by atoms with Crippen LogP contribution in [0.4, 0.5) is 0 Å². The molecule has 3 rings (SSSR count). The normalized spacial score (nSPS) is 19.4. The Morgan fingerprint density at radius 2 is 1.94 bits per heavy atom. The molecule has 0 amide bonds. The van der Waals surface area contributed by atoms with Crippen molar-refractivity contribution in [1.29, 1.82) is 0 Å². The molecule has 0 radical (unpaired) electrons. The van der Waals surface area contributed by atoms with E-state index in [0.29, 0.717) is 28.7 Å². The smallest absolute Gasteiger partial charge is 0.354 e. The van der Waals surface area contributed by atoms with Gasteiger partial charge < -0.3 is 29.4 Å². The third-order valence-corrected chi connectivity index (χ3v) is 5.18. The van der Waals surface area contributed by atoms with Gasteiger partial charge in [0.25, 0.3) is 0 Å². The molecule has 0 fully saturated rings. The summed E-state index contributed by atoms with van der Waals surface area (Å²) in [5.41, 5.74) is -1.27. The first-order chi connectivity index (χ1) is 14.9. The SMILES string of the molecule is CCOC(=O)[C@@]1(C[C@@H](C)NC[C@H](O)COc2ccccc2Cl)COc2ccccc2O1. The van der Waals surface area contributed by atoms with Gasteiger partial charge in [0.15, 0.2) is 11.5 Å². The van der Waals surface area contributed by atoms with Crippen molar-refractivity contribution in [3.8, 4) is 17.2 Å². The fourth-order valence-corrected chi connectivity index (χ4v) is 3.54. The van der Waals surface area contributed by atoms with Crippen molar-refractivity contribution in [2.24, 2.45) is 0 Å². The van der Waals surface area contributed by atoms with Crippen molar-refractivity contribution in [2.45, 2.75) is 38.0 Å². The predicted molar refractivity (Wildman–Crippen MR) is 117 cm³/mol. The second-order valence-corrected chi connectivity index (χ2v) is 7.87. The largest absolute Gasteiger partial charge is 0.489 e. The van der Waals surface area contributed by atoms with Crippen LogP contribution in [0.1, 0.15) is 20.3 Å². The zero-order valence-corrected chi connectivity index (χ0v) is 18.4. The highest BCUT2D eigenvalue weighted by atomic mass is 35.5. The summed E-state index contributed by atoms with van der Waals surface area (Å²) in [7, 11) is 0. The zero-order chi connectivity index (χ0) is 22.3. The van der Waals surface area contributed by atoms with Crippen LogP contribution in [0.25, 0.3) is 0 Å². The van der Waals surface area contributed by atoms with Crippen LogP contribution in [-0.4, -0.2) is 55.2 Å². The summed E-state index contributed by atoms with van der Waals surface area (Å²) in [5.74, 6) is 1.14. The van der Waals surface area contributed by atoms with Crippen molar-refractivity contribution >= 4 is 17.6 Å². The molecule has 0 aromatic heterocycles. The predicted octanol–water partition coefficient (Wildman–Crippen LogP) is 3.22. The molecule has 0 unspecified atom stereocenters. The van der Waals surface area contributed by atoms with Gasteiger partial charge in [0.2, 0.25) is 5.60 Å². The Balaban J connectivity index is 1.56. The number of rotatable bonds is 10. The van der Waals surface area contributed by atoms with Gasteiger partial charge >= 0.3 is 5.97 Å². The lowest BCUT2D eigenvalue weighted by Crippen LogP contribution is -2.56. The maximum Gasteiger partial charge on any atom is 0.354 e. The number of para-hydroxylation sites is 3. The van der Waals surface area contributed by atoms with E-state index < -0.39 is 17.7 Å². The molecule has 1 heterocycles. The summed E-state index contributed by atoms with van der Waals surface area (Å²) >= 11 is 6.06. The summed E-state index contributed by atoms with van der Waals surface area (Å²) in [4.78, 5) is 12.8. The van der Waals surface area contributed by atoms with Gasteiger partial charge in [-0.3, -0.25) is 0 Å². The number of aliphatic hydroxyl groups excluding tert-OH is 1. The Morgan fingerprint density at radius 1 is 1.23 bits per heavy atom. The van der Waals surface area contributed by atoms with E-state index in [1.165, 1.54) is 0 Å². The lowest BCUT2D eigenvalue weighted by Gasteiger charge is -2.37. The Hall–Kier alpha value is -2.48. The quantitative estimate of drug-likeness (QED) is 0.538. The third-order valence-electron chi connectivity index (χ3n) is 4.87. The van der Waals surface area contributed by atoms with E-state index >= 15 is 0 Å². The molecular formula is C23H28ClNO6. The number of ether oxygens (including phenoxy) is 4. The van der Waals surface area contributed by atoms with Crippen LogP contribution < -0.4 is 19.5 Å². The number of nitrogens with one attached hydrogen (secondary N) is 1. The third kappa shape index (κ3) is 6.03. The summed E-state index contributed by atoms with van der Waals surface area (Å²) in [6.07, 6.45) is -0.459. The number of hydrogen-bond acceptors (Lipinski definition) is 7. The monoisotopic (exact) mass is 449 g/mol. The van der Waals surface area contributed by atoms with Crippen LogP contribution in [-0.2, 0) is 9.53 Å². The standard InChI is InChI=1S/C23H28ClNO6/c1-3-28-22(27)23(15-30-20-10-6-7-11-21(20)31-23)12-16(2)25-13-17(26)14-29-19-9-5-4-8-18(19)24/h4-11,16-17,25-26H,3,12-15H2,1-2H3/t16-,17+,23-/m1/s1. The van der Waals surface area contributed by atoms with Gasteiger partial charge in [-0.1, -0.05) is 35.9 Å². The second kappa shape index (κ2) is 10.7. The zero-order valence-electron chi connectivity index (χ0n) is 17.7. The maximum absolute atomic E-state index is 12.8. The molecule has 0 spiro atoms. The molecule has 0 saturated heterocycles. The molecule has 0 bridgehead atoms. The molecule has 2 aromatic rings. The fraction of sp³-hybridized carbons (Fsp3) is 0.435. The number of benzene rings is 2. The van der Waals surface area contributed by atoms with Gasteiger partial charge in [-0.05, 0) is 38.1 Å². The van der Waals surface area contributed by atoms with E-state index in [1.807, 2.05) is 31.2 Å². The number of halogens is 1. The van der Waals surface area contributed by atoms with Gasteiger partial charge in [-0.2, -0.15) is 0 Å². The summed E-state index contributed by atoms with van der Waals surface area (Å²) < 4.78 is 22.7. The fourth-order valence-electron chi connectivity index (χ4n) is 3.35. The van der Waals surface area contributed by atoms with Crippen LogP contribution in [0.15, 0.2) is 48.5 Å². The summed E-state index contributed by atoms with van der Waals surface area (Å²) in [5, 5.41) is 14.0. The van der Waals surface area contributed by atoms with Gasteiger partial charge in [0.1, 0.15) is 25.1 Å². The average Bonchev–Trinajstić information content (AvgIpc) is 2.77. The van der Waals surface area contributed by atoms with Gasteiger partial charge in [-0.25, -0.2) is 4.79 Å². The first-order valence-corrected chi connectivity index (χ1v) is 10.7.